The van der Waals surface area contributed by atoms with E-state index in [1.54, 1.807) is 38.1 Å². The molecule has 0 bridgehead atoms. The molecule has 0 heterocycles. The standard InChI is InChI=1S/C15H20ClNO4S/c1-3-21-14(18)15(9-17)12(13(15)22(19,20)4-2)10-6-5-7-11(16)8-10/h5-8,12-13H,3-4,9,17H2,1-2H3/t12-,13+,15+/m0/s1. The van der Waals surface area contributed by atoms with E-state index in [0.29, 0.717) is 10.6 Å². The van der Waals surface area contributed by atoms with Gasteiger partial charge in [-0.15, -0.1) is 0 Å². The number of hydrogen-bond acceptors (Lipinski definition) is 5. The number of ether oxygens (including phenoxy) is 1. The number of hydrogen-bond donors (Lipinski definition) is 1. The first-order valence-electron chi connectivity index (χ1n) is 7.19. The largest absolute Gasteiger partial charge is 0.465 e. The van der Waals surface area contributed by atoms with Crippen molar-refractivity contribution in [3.8, 4) is 0 Å². The number of nitrogens with two attached hydrogens (primary N) is 1. The summed E-state index contributed by atoms with van der Waals surface area (Å²) in [6, 6.07) is 6.88. The molecule has 0 radical (unpaired) electrons. The van der Waals surface area contributed by atoms with Crippen LogP contribution in [-0.4, -0.2) is 38.5 Å². The van der Waals surface area contributed by atoms with Crippen molar-refractivity contribution < 1.29 is 17.9 Å². The van der Waals surface area contributed by atoms with Crippen LogP contribution in [0, 0.1) is 5.41 Å². The van der Waals surface area contributed by atoms with Gasteiger partial charge in [-0.1, -0.05) is 30.7 Å². The molecule has 0 spiro atoms. The summed E-state index contributed by atoms with van der Waals surface area (Å²) in [4.78, 5) is 12.4. The van der Waals surface area contributed by atoms with Gasteiger partial charge in [0.1, 0.15) is 5.41 Å². The smallest absolute Gasteiger partial charge is 0.315 e. The van der Waals surface area contributed by atoms with E-state index in [2.05, 4.69) is 0 Å². The Balaban J connectivity index is 2.52. The molecule has 7 heteroatoms. The maximum Gasteiger partial charge on any atom is 0.315 e. The summed E-state index contributed by atoms with van der Waals surface area (Å²) in [5.74, 6) is -1.11. The van der Waals surface area contributed by atoms with Gasteiger partial charge in [-0.25, -0.2) is 8.42 Å². The Bertz CT molecular complexity index is 676. The second-order valence-electron chi connectivity index (χ2n) is 5.37. The van der Waals surface area contributed by atoms with E-state index in [4.69, 9.17) is 22.1 Å². The lowest BCUT2D eigenvalue weighted by Gasteiger charge is -2.14. The number of esters is 1. The van der Waals surface area contributed by atoms with Gasteiger partial charge in [0.05, 0.1) is 11.9 Å². The van der Waals surface area contributed by atoms with Crippen molar-refractivity contribution >= 4 is 27.4 Å². The monoisotopic (exact) mass is 345 g/mol. The number of carbonyl (C=O) groups excluding carboxylic acids is 1. The fourth-order valence-electron chi connectivity index (χ4n) is 3.12. The first kappa shape index (κ1) is 17.2. The molecule has 122 valence electrons. The van der Waals surface area contributed by atoms with E-state index in [9.17, 15) is 13.2 Å². The molecule has 0 saturated heterocycles. The normalized spacial score (nSPS) is 27.5. The zero-order valence-corrected chi connectivity index (χ0v) is 14.2. The summed E-state index contributed by atoms with van der Waals surface area (Å²) in [7, 11) is -3.44. The first-order valence-corrected chi connectivity index (χ1v) is 9.28. The van der Waals surface area contributed by atoms with Crippen molar-refractivity contribution in [3.05, 3.63) is 34.9 Å². The molecule has 1 aromatic carbocycles. The predicted octanol–water partition coefficient (Wildman–Crippen LogP) is 1.75. The van der Waals surface area contributed by atoms with Crippen molar-refractivity contribution in [2.75, 3.05) is 18.9 Å². The summed E-state index contributed by atoms with van der Waals surface area (Å²) >= 11 is 5.99. The Morgan fingerprint density at radius 1 is 1.41 bits per heavy atom. The van der Waals surface area contributed by atoms with Crippen LogP contribution >= 0.6 is 11.6 Å². The molecule has 0 aliphatic heterocycles. The fourth-order valence-corrected chi connectivity index (χ4v) is 5.39. The van der Waals surface area contributed by atoms with Crippen LogP contribution in [0.25, 0.3) is 0 Å². The second-order valence-corrected chi connectivity index (χ2v) is 8.22. The highest BCUT2D eigenvalue weighted by atomic mass is 35.5. The van der Waals surface area contributed by atoms with Crippen LogP contribution in [0.3, 0.4) is 0 Å². The lowest BCUT2D eigenvalue weighted by atomic mass is 9.99. The Labute approximate surface area is 135 Å². The van der Waals surface area contributed by atoms with Crippen molar-refractivity contribution in [1.82, 2.24) is 0 Å². The minimum absolute atomic E-state index is 0.0457. The minimum Gasteiger partial charge on any atom is -0.465 e. The molecule has 2 N–H and O–H groups in total. The van der Waals surface area contributed by atoms with Gasteiger partial charge in [0.25, 0.3) is 0 Å². The van der Waals surface area contributed by atoms with E-state index in [-0.39, 0.29) is 18.9 Å². The van der Waals surface area contributed by atoms with Crippen molar-refractivity contribution in [2.45, 2.75) is 25.0 Å². The molecule has 1 aliphatic rings. The average Bonchev–Trinajstić information content (AvgIpc) is 3.19. The number of sulfone groups is 1. The van der Waals surface area contributed by atoms with Gasteiger partial charge in [-0.3, -0.25) is 4.79 Å². The molecule has 3 atom stereocenters. The van der Waals surface area contributed by atoms with Gasteiger partial charge in [0.15, 0.2) is 9.84 Å². The van der Waals surface area contributed by atoms with Crippen LogP contribution in [0.5, 0.6) is 0 Å². The third kappa shape index (κ3) is 2.64. The molecule has 1 aromatic rings. The Kier molecular flexibility index (Phi) is 4.84. The first-order chi connectivity index (χ1) is 10.3. The quantitative estimate of drug-likeness (QED) is 0.794. The van der Waals surface area contributed by atoms with E-state index in [1.807, 2.05) is 0 Å². The highest BCUT2D eigenvalue weighted by Gasteiger charge is 2.75. The van der Waals surface area contributed by atoms with E-state index < -0.39 is 32.4 Å². The third-order valence-corrected chi connectivity index (χ3v) is 6.75. The molecule has 1 aliphatic carbocycles. The Hall–Kier alpha value is -1.11. The fraction of sp³-hybridized carbons (Fsp3) is 0.533. The topological polar surface area (TPSA) is 86.5 Å². The SMILES string of the molecule is CCOC(=O)[C@@]1(CN)[C@H](S(=O)(=O)CC)[C@@H]1c1cccc(Cl)c1. The number of rotatable bonds is 6. The highest BCUT2D eigenvalue weighted by Crippen LogP contribution is 2.63. The summed E-state index contributed by atoms with van der Waals surface area (Å²) in [6.07, 6.45) is 0. The zero-order valence-electron chi connectivity index (χ0n) is 12.6. The molecule has 2 rings (SSSR count). The lowest BCUT2D eigenvalue weighted by molar-refractivity contribution is -0.149. The van der Waals surface area contributed by atoms with Crippen LogP contribution in [0.2, 0.25) is 5.02 Å². The predicted molar refractivity (Wildman–Crippen MR) is 85.6 cm³/mol. The summed E-state index contributed by atoms with van der Waals surface area (Å²) in [5.41, 5.74) is 5.30. The van der Waals surface area contributed by atoms with Gasteiger partial charge in [0, 0.05) is 23.2 Å². The zero-order chi connectivity index (χ0) is 16.5. The molecule has 0 aromatic heterocycles. The third-order valence-electron chi connectivity index (χ3n) is 4.25. The summed E-state index contributed by atoms with van der Waals surface area (Å²) in [6.45, 7) is 3.35. The van der Waals surface area contributed by atoms with Crippen LogP contribution in [0.4, 0.5) is 0 Å². The number of halogens is 1. The van der Waals surface area contributed by atoms with Crippen molar-refractivity contribution in [3.63, 3.8) is 0 Å². The van der Waals surface area contributed by atoms with Crippen molar-refractivity contribution in [2.24, 2.45) is 11.1 Å². The molecule has 1 saturated carbocycles. The molecule has 1 fully saturated rings. The van der Waals surface area contributed by atoms with E-state index >= 15 is 0 Å². The van der Waals surface area contributed by atoms with Gasteiger partial charge < -0.3 is 10.5 Å². The molecular formula is C15H20ClNO4S. The van der Waals surface area contributed by atoms with Gasteiger partial charge in [-0.2, -0.15) is 0 Å². The highest BCUT2D eigenvalue weighted by molar-refractivity contribution is 7.92. The molecule has 0 amide bonds. The Morgan fingerprint density at radius 3 is 2.59 bits per heavy atom. The van der Waals surface area contributed by atoms with Gasteiger partial charge in [-0.05, 0) is 24.6 Å². The maximum absolute atomic E-state index is 12.4. The number of benzene rings is 1. The molecule has 0 unspecified atom stereocenters. The van der Waals surface area contributed by atoms with Crippen LogP contribution in [-0.2, 0) is 19.4 Å². The van der Waals surface area contributed by atoms with Gasteiger partial charge in [0.2, 0.25) is 0 Å². The lowest BCUT2D eigenvalue weighted by Crippen LogP contribution is -2.34. The molecular weight excluding hydrogens is 326 g/mol. The van der Waals surface area contributed by atoms with E-state index in [1.165, 1.54) is 0 Å². The van der Waals surface area contributed by atoms with Crippen LogP contribution in [0.15, 0.2) is 24.3 Å². The van der Waals surface area contributed by atoms with Crippen LogP contribution in [0.1, 0.15) is 25.3 Å². The molecule has 5 nitrogen and oxygen atoms in total. The summed E-state index contributed by atoms with van der Waals surface area (Å²) in [5, 5.41) is -0.362. The van der Waals surface area contributed by atoms with Gasteiger partial charge >= 0.3 is 5.97 Å². The van der Waals surface area contributed by atoms with Crippen LogP contribution < -0.4 is 5.73 Å². The molecule has 22 heavy (non-hydrogen) atoms. The maximum atomic E-state index is 12.4. The van der Waals surface area contributed by atoms with E-state index in [0.717, 1.165) is 0 Å². The average molecular weight is 346 g/mol. The number of carbonyl (C=O) groups is 1. The minimum atomic E-state index is -3.44. The summed E-state index contributed by atoms with van der Waals surface area (Å²) < 4.78 is 29.9. The second kappa shape index (κ2) is 6.18. The Morgan fingerprint density at radius 2 is 2.09 bits per heavy atom. The van der Waals surface area contributed by atoms with Crippen molar-refractivity contribution in [1.29, 1.82) is 0 Å².